The predicted octanol–water partition coefficient (Wildman–Crippen LogP) is 2.02. The minimum atomic E-state index is -0.820. The Hall–Kier alpha value is -3.03. The molecule has 0 saturated heterocycles. The van der Waals surface area contributed by atoms with Gasteiger partial charge in [-0.05, 0) is 36.1 Å². The van der Waals surface area contributed by atoms with Gasteiger partial charge in [-0.1, -0.05) is 0 Å². The van der Waals surface area contributed by atoms with E-state index in [1.807, 2.05) is 0 Å². The summed E-state index contributed by atoms with van der Waals surface area (Å²) in [6.07, 6.45) is 5.83. The number of hydrogen-bond acceptors (Lipinski definition) is 4. The summed E-state index contributed by atoms with van der Waals surface area (Å²) in [5.74, 6) is -1.08. The van der Waals surface area contributed by atoms with Crippen LogP contribution in [0.4, 0.5) is 14.6 Å². The van der Waals surface area contributed by atoms with Crippen molar-refractivity contribution in [1.82, 2.24) is 19.9 Å². The molecule has 1 aliphatic rings. The summed E-state index contributed by atoms with van der Waals surface area (Å²) in [5, 5.41) is 3.21. The maximum atomic E-state index is 13.3. The minimum Gasteiger partial charge on any atom is -0.365 e. The number of imidazole rings is 1. The van der Waals surface area contributed by atoms with Crippen LogP contribution in [0.2, 0.25) is 0 Å². The highest BCUT2D eigenvalue weighted by molar-refractivity contribution is 5.52. The molecule has 4 rings (SSSR count). The Kier molecular flexibility index (Phi) is 3.37. The smallest absolute Gasteiger partial charge is 0.323 e. The number of anilines is 1. The number of halogens is 2. The lowest BCUT2D eigenvalue weighted by atomic mass is 10.1. The first-order valence-electron chi connectivity index (χ1n) is 7.42. The van der Waals surface area contributed by atoms with E-state index >= 15 is 0 Å². The summed E-state index contributed by atoms with van der Waals surface area (Å²) in [4.78, 5) is 24.7. The van der Waals surface area contributed by atoms with E-state index in [9.17, 15) is 13.6 Å². The van der Waals surface area contributed by atoms with Gasteiger partial charge in [0.1, 0.15) is 11.5 Å². The van der Waals surface area contributed by atoms with Gasteiger partial charge >= 0.3 is 5.69 Å². The van der Waals surface area contributed by atoms with Gasteiger partial charge in [0, 0.05) is 12.2 Å². The molecule has 0 bridgehead atoms. The maximum absolute atomic E-state index is 13.3. The van der Waals surface area contributed by atoms with Gasteiger partial charge in [0.2, 0.25) is 0 Å². The summed E-state index contributed by atoms with van der Waals surface area (Å²) in [6.45, 7) is 0. The topological polar surface area (TPSA) is 86.5 Å². The molecule has 0 amide bonds. The molecule has 3 aromatic rings. The Bertz CT molecular complexity index is 917. The zero-order valence-electron chi connectivity index (χ0n) is 12.4. The molecule has 24 heavy (non-hydrogen) atoms. The van der Waals surface area contributed by atoms with Gasteiger partial charge in [-0.15, -0.1) is 0 Å². The molecular weight excluding hydrogens is 316 g/mol. The number of aromatic amines is 2. The van der Waals surface area contributed by atoms with Gasteiger partial charge in [0.15, 0.2) is 11.6 Å². The van der Waals surface area contributed by atoms with E-state index in [0.29, 0.717) is 30.0 Å². The number of aromatic nitrogens is 4. The molecular formula is C16H13F2N5O. The molecule has 122 valence electrons. The summed E-state index contributed by atoms with van der Waals surface area (Å²) in [5.41, 5.74) is 2.40. The van der Waals surface area contributed by atoms with Crippen LogP contribution < -0.4 is 11.0 Å². The molecule has 2 heterocycles. The van der Waals surface area contributed by atoms with Crippen LogP contribution in [0.15, 0.2) is 35.5 Å². The number of hydrogen-bond donors (Lipinski definition) is 3. The number of rotatable bonds is 3. The highest BCUT2D eigenvalue weighted by atomic mass is 19.2. The van der Waals surface area contributed by atoms with Gasteiger partial charge in [-0.25, -0.2) is 23.5 Å². The number of nitrogens with one attached hydrogen (secondary N) is 3. The Labute approximate surface area is 135 Å². The van der Waals surface area contributed by atoms with E-state index in [1.165, 1.54) is 18.3 Å². The standard InChI is InChI=1S/C16H13F2N5O/c17-11-3-8-1-10(2-9(8)4-12(11)18)22-15-7-19-13(5-20-15)14-6-21-16(24)23-14/h3-7,10H,1-2H2,(H,20,22)(H2,21,23,24). The molecule has 3 N–H and O–H groups in total. The van der Waals surface area contributed by atoms with Crippen LogP contribution in [0.3, 0.4) is 0 Å². The Morgan fingerprint density at radius 2 is 1.79 bits per heavy atom. The Morgan fingerprint density at radius 1 is 1.08 bits per heavy atom. The van der Waals surface area contributed by atoms with Crippen molar-refractivity contribution in [3.8, 4) is 11.4 Å². The molecule has 8 heteroatoms. The number of nitrogens with zero attached hydrogens (tertiary/aromatic N) is 2. The zero-order valence-corrected chi connectivity index (χ0v) is 12.4. The van der Waals surface area contributed by atoms with Crippen molar-refractivity contribution in [3.63, 3.8) is 0 Å². The first kappa shape index (κ1) is 14.6. The minimum absolute atomic E-state index is 0.00779. The van der Waals surface area contributed by atoms with E-state index in [2.05, 4.69) is 25.3 Å². The van der Waals surface area contributed by atoms with Crippen molar-refractivity contribution < 1.29 is 8.78 Å². The fourth-order valence-electron chi connectivity index (χ4n) is 2.94. The second-order valence-electron chi connectivity index (χ2n) is 5.73. The van der Waals surface area contributed by atoms with E-state index in [4.69, 9.17) is 0 Å². The lowest BCUT2D eigenvalue weighted by molar-refractivity contribution is 0.507. The van der Waals surface area contributed by atoms with Crippen LogP contribution in [0.5, 0.6) is 0 Å². The predicted molar refractivity (Wildman–Crippen MR) is 83.6 cm³/mol. The molecule has 0 atom stereocenters. The number of benzene rings is 1. The fraction of sp³-hybridized carbons (Fsp3) is 0.188. The quantitative estimate of drug-likeness (QED) is 0.686. The Balaban J connectivity index is 1.48. The summed E-state index contributed by atoms with van der Waals surface area (Å²) < 4.78 is 26.6. The normalized spacial score (nSPS) is 13.9. The van der Waals surface area contributed by atoms with Crippen molar-refractivity contribution in [2.75, 3.05) is 5.32 Å². The van der Waals surface area contributed by atoms with Crippen molar-refractivity contribution in [2.45, 2.75) is 18.9 Å². The molecule has 6 nitrogen and oxygen atoms in total. The highest BCUT2D eigenvalue weighted by Crippen LogP contribution is 2.26. The third-order valence-corrected chi connectivity index (χ3v) is 4.05. The largest absolute Gasteiger partial charge is 0.365 e. The molecule has 1 aromatic carbocycles. The summed E-state index contributed by atoms with van der Waals surface area (Å²) in [7, 11) is 0. The fourth-order valence-corrected chi connectivity index (χ4v) is 2.94. The molecule has 1 aliphatic carbocycles. The summed E-state index contributed by atoms with van der Waals surface area (Å²) in [6, 6.07) is 2.51. The molecule has 0 radical (unpaired) electrons. The van der Waals surface area contributed by atoms with E-state index in [1.54, 1.807) is 12.4 Å². The van der Waals surface area contributed by atoms with Crippen LogP contribution in [-0.2, 0) is 12.8 Å². The van der Waals surface area contributed by atoms with Crippen LogP contribution >= 0.6 is 0 Å². The SMILES string of the molecule is O=c1[nH]cc(-c2cnc(NC3Cc4cc(F)c(F)cc4C3)cn2)[nH]1. The monoisotopic (exact) mass is 329 g/mol. The Morgan fingerprint density at radius 3 is 2.33 bits per heavy atom. The zero-order chi connectivity index (χ0) is 16.7. The lowest BCUT2D eigenvalue weighted by Crippen LogP contribution is -2.20. The van der Waals surface area contributed by atoms with Gasteiger partial charge in [-0.2, -0.15) is 0 Å². The number of fused-ring (bicyclic) bond motifs is 1. The van der Waals surface area contributed by atoms with Gasteiger partial charge in [-0.3, -0.25) is 0 Å². The van der Waals surface area contributed by atoms with Crippen LogP contribution in [0.1, 0.15) is 11.1 Å². The molecule has 0 aliphatic heterocycles. The molecule has 2 aromatic heterocycles. The average molecular weight is 329 g/mol. The van der Waals surface area contributed by atoms with Crippen molar-refractivity contribution >= 4 is 5.82 Å². The lowest BCUT2D eigenvalue weighted by Gasteiger charge is -2.12. The second-order valence-corrected chi connectivity index (χ2v) is 5.73. The number of H-pyrrole nitrogens is 2. The van der Waals surface area contributed by atoms with Crippen molar-refractivity contribution in [2.24, 2.45) is 0 Å². The maximum Gasteiger partial charge on any atom is 0.323 e. The first-order valence-corrected chi connectivity index (χ1v) is 7.42. The average Bonchev–Trinajstić information content (AvgIpc) is 3.14. The molecule has 0 unspecified atom stereocenters. The van der Waals surface area contributed by atoms with Gasteiger partial charge < -0.3 is 15.3 Å². The third kappa shape index (κ3) is 2.66. The first-order chi connectivity index (χ1) is 11.6. The third-order valence-electron chi connectivity index (χ3n) is 4.05. The molecule has 0 saturated carbocycles. The second kappa shape index (κ2) is 5.55. The van der Waals surface area contributed by atoms with Crippen LogP contribution in [-0.4, -0.2) is 26.0 Å². The summed E-state index contributed by atoms with van der Waals surface area (Å²) >= 11 is 0. The van der Waals surface area contributed by atoms with Crippen LogP contribution in [0.25, 0.3) is 11.4 Å². The van der Waals surface area contributed by atoms with E-state index < -0.39 is 11.6 Å². The van der Waals surface area contributed by atoms with Crippen molar-refractivity contribution in [1.29, 1.82) is 0 Å². The molecule has 0 fully saturated rings. The van der Waals surface area contributed by atoms with E-state index in [0.717, 1.165) is 11.1 Å². The van der Waals surface area contributed by atoms with Gasteiger partial charge in [0.25, 0.3) is 0 Å². The van der Waals surface area contributed by atoms with Gasteiger partial charge in [0.05, 0.1) is 18.1 Å². The molecule has 0 spiro atoms. The van der Waals surface area contributed by atoms with E-state index in [-0.39, 0.29) is 11.7 Å². The van der Waals surface area contributed by atoms with Crippen LogP contribution in [0, 0.1) is 11.6 Å². The highest BCUT2D eigenvalue weighted by Gasteiger charge is 2.23. The van der Waals surface area contributed by atoms with Crippen molar-refractivity contribution in [3.05, 3.63) is 64.0 Å².